The van der Waals surface area contributed by atoms with Crippen LogP contribution < -0.4 is 10.1 Å². The van der Waals surface area contributed by atoms with Crippen molar-refractivity contribution in [3.63, 3.8) is 0 Å². The van der Waals surface area contributed by atoms with Crippen LogP contribution in [0.2, 0.25) is 0 Å². The number of halogens is 1. The van der Waals surface area contributed by atoms with Crippen LogP contribution in [-0.2, 0) is 16.1 Å². The zero-order valence-electron chi connectivity index (χ0n) is 12.7. The van der Waals surface area contributed by atoms with E-state index in [1.165, 1.54) is 0 Å². The molecule has 1 heterocycles. The van der Waals surface area contributed by atoms with Crippen LogP contribution in [0.5, 0.6) is 5.75 Å². The van der Waals surface area contributed by atoms with Crippen molar-refractivity contribution >= 4 is 18.3 Å². The predicted octanol–water partition coefficient (Wildman–Crippen LogP) is 1.37. The fourth-order valence-electron chi connectivity index (χ4n) is 2.38. The fourth-order valence-corrected chi connectivity index (χ4v) is 2.38. The molecular formula is C15H23ClN2O3. The first-order valence-electron chi connectivity index (χ1n) is 6.81. The highest BCUT2D eigenvalue weighted by Crippen LogP contribution is 2.19. The summed E-state index contributed by atoms with van der Waals surface area (Å²) in [7, 11) is 3.48. The van der Waals surface area contributed by atoms with Gasteiger partial charge in [0.25, 0.3) is 0 Å². The molecule has 6 heteroatoms. The number of carbonyl (C=O) groups is 1. The molecule has 1 unspecified atom stereocenters. The molecule has 1 atom stereocenters. The van der Waals surface area contributed by atoms with Crippen LogP contribution in [0.4, 0.5) is 0 Å². The molecule has 1 saturated heterocycles. The highest BCUT2D eigenvalue weighted by Gasteiger charge is 2.24. The smallest absolute Gasteiger partial charge is 0.242 e. The van der Waals surface area contributed by atoms with Crippen LogP contribution in [0.1, 0.15) is 11.1 Å². The Morgan fingerprint density at radius 3 is 2.86 bits per heavy atom. The number of amides is 1. The van der Waals surface area contributed by atoms with Crippen molar-refractivity contribution in [1.29, 1.82) is 0 Å². The molecule has 118 valence electrons. The molecule has 0 spiro atoms. The van der Waals surface area contributed by atoms with Gasteiger partial charge < -0.3 is 19.7 Å². The minimum Gasteiger partial charge on any atom is -0.496 e. The normalized spacial score (nSPS) is 17.8. The van der Waals surface area contributed by atoms with E-state index in [1.54, 1.807) is 12.0 Å². The first-order chi connectivity index (χ1) is 9.61. The molecule has 1 aliphatic heterocycles. The van der Waals surface area contributed by atoms with Crippen molar-refractivity contribution < 1.29 is 14.3 Å². The Morgan fingerprint density at radius 2 is 2.29 bits per heavy atom. The lowest BCUT2D eigenvalue weighted by Gasteiger charge is -2.27. The molecule has 1 amide bonds. The molecular weight excluding hydrogens is 292 g/mol. The summed E-state index contributed by atoms with van der Waals surface area (Å²) >= 11 is 0. The molecule has 5 nitrogen and oxygen atoms in total. The minimum absolute atomic E-state index is 0. The van der Waals surface area contributed by atoms with Gasteiger partial charge >= 0.3 is 0 Å². The average molecular weight is 315 g/mol. The van der Waals surface area contributed by atoms with E-state index >= 15 is 0 Å². The molecule has 1 aliphatic rings. The lowest BCUT2D eigenvalue weighted by Crippen LogP contribution is -2.51. The zero-order valence-corrected chi connectivity index (χ0v) is 13.5. The lowest BCUT2D eigenvalue weighted by molar-refractivity contribution is -0.135. The zero-order chi connectivity index (χ0) is 14.5. The van der Waals surface area contributed by atoms with Crippen LogP contribution in [0, 0.1) is 6.92 Å². The summed E-state index contributed by atoms with van der Waals surface area (Å²) in [6, 6.07) is 5.74. The number of morpholine rings is 1. The van der Waals surface area contributed by atoms with Crippen LogP contribution in [-0.4, -0.2) is 50.8 Å². The largest absolute Gasteiger partial charge is 0.496 e. The van der Waals surface area contributed by atoms with Crippen molar-refractivity contribution in [2.24, 2.45) is 0 Å². The summed E-state index contributed by atoms with van der Waals surface area (Å²) in [5.41, 5.74) is 2.17. The summed E-state index contributed by atoms with van der Waals surface area (Å²) in [5, 5.41) is 3.18. The number of nitrogens with one attached hydrogen (secondary N) is 1. The standard InChI is InChI=1S/C15H22N2O3.ClH/c1-11-8-12(4-5-14(11)19-3)9-17(2)15(18)13-10-20-7-6-16-13;/h4-5,8,13,16H,6-7,9-10H2,1-3H3;1H. The summed E-state index contributed by atoms with van der Waals surface area (Å²) in [4.78, 5) is 14.0. The van der Waals surface area contributed by atoms with Crippen molar-refractivity contribution in [2.45, 2.75) is 19.5 Å². The topological polar surface area (TPSA) is 50.8 Å². The number of benzene rings is 1. The Kier molecular flexibility index (Phi) is 6.95. The minimum atomic E-state index is -0.229. The first-order valence-corrected chi connectivity index (χ1v) is 6.81. The molecule has 2 rings (SSSR count). The van der Waals surface area contributed by atoms with Gasteiger partial charge in [-0.2, -0.15) is 0 Å². The van der Waals surface area contributed by atoms with E-state index < -0.39 is 0 Å². The molecule has 0 aromatic heterocycles. The molecule has 0 bridgehead atoms. The number of nitrogens with zero attached hydrogens (tertiary/aromatic N) is 1. The van der Waals surface area contributed by atoms with E-state index in [1.807, 2.05) is 32.2 Å². The Balaban J connectivity index is 0.00000220. The van der Waals surface area contributed by atoms with E-state index in [4.69, 9.17) is 9.47 Å². The number of aryl methyl sites for hydroxylation is 1. The van der Waals surface area contributed by atoms with Gasteiger partial charge in [0.1, 0.15) is 11.8 Å². The third kappa shape index (κ3) is 4.59. The van der Waals surface area contributed by atoms with Gasteiger partial charge in [-0.1, -0.05) is 12.1 Å². The Hall–Kier alpha value is -1.30. The van der Waals surface area contributed by atoms with Gasteiger partial charge in [0.2, 0.25) is 5.91 Å². The van der Waals surface area contributed by atoms with E-state index in [2.05, 4.69) is 5.32 Å². The quantitative estimate of drug-likeness (QED) is 0.912. The van der Waals surface area contributed by atoms with Crippen molar-refractivity contribution in [2.75, 3.05) is 33.9 Å². The number of methoxy groups -OCH3 is 1. The van der Waals surface area contributed by atoms with Gasteiger partial charge in [-0.3, -0.25) is 4.79 Å². The van der Waals surface area contributed by atoms with Gasteiger partial charge in [-0.15, -0.1) is 12.4 Å². The van der Waals surface area contributed by atoms with Gasteiger partial charge in [-0.25, -0.2) is 0 Å². The van der Waals surface area contributed by atoms with Crippen molar-refractivity contribution in [3.05, 3.63) is 29.3 Å². The number of hydrogen-bond donors (Lipinski definition) is 1. The molecule has 0 saturated carbocycles. The number of rotatable bonds is 4. The Labute approximate surface area is 132 Å². The second kappa shape index (κ2) is 8.22. The molecule has 1 N–H and O–H groups in total. The number of ether oxygens (including phenoxy) is 2. The number of carbonyl (C=O) groups excluding carboxylic acids is 1. The van der Waals surface area contributed by atoms with Gasteiger partial charge in [0, 0.05) is 20.1 Å². The summed E-state index contributed by atoms with van der Waals surface area (Å²) in [5.74, 6) is 0.934. The van der Waals surface area contributed by atoms with Crippen LogP contribution in [0.3, 0.4) is 0 Å². The fraction of sp³-hybridized carbons (Fsp3) is 0.533. The maximum absolute atomic E-state index is 12.3. The van der Waals surface area contributed by atoms with Gasteiger partial charge in [0.05, 0.1) is 20.3 Å². The monoisotopic (exact) mass is 314 g/mol. The van der Waals surface area contributed by atoms with Crippen molar-refractivity contribution in [3.8, 4) is 5.75 Å². The lowest BCUT2D eigenvalue weighted by atomic mass is 10.1. The Morgan fingerprint density at radius 1 is 1.52 bits per heavy atom. The maximum Gasteiger partial charge on any atom is 0.242 e. The van der Waals surface area contributed by atoms with Gasteiger partial charge in [0.15, 0.2) is 0 Å². The molecule has 0 aliphatic carbocycles. The third-order valence-corrected chi connectivity index (χ3v) is 3.47. The van der Waals surface area contributed by atoms with E-state index in [0.717, 1.165) is 23.4 Å². The third-order valence-electron chi connectivity index (χ3n) is 3.47. The average Bonchev–Trinajstić information content (AvgIpc) is 2.47. The molecule has 0 radical (unpaired) electrons. The summed E-state index contributed by atoms with van der Waals surface area (Å²) in [6.07, 6.45) is 0. The van der Waals surface area contributed by atoms with E-state index in [0.29, 0.717) is 19.8 Å². The van der Waals surface area contributed by atoms with E-state index in [9.17, 15) is 4.79 Å². The predicted molar refractivity (Wildman–Crippen MR) is 84.1 cm³/mol. The molecule has 1 aromatic rings. The molecule has 1 fully saturated rings. The van der Waals surface area contributed by atoms with Crippen LogP contribution in [0.15, 0.2) is 18.2 Å². The number of likely N-dealkylation sites (N-methyl/N-ethyl adjacent to an activating group) is 1. The highest BCUT2D eigenvalue weighted by atomic mass is 35.5. The Bertz CT molecular complexity index is 476. The van der Waals surface area contributed by atoms with Crippen LogP contribution in [0.25, 0.3) is 0 Å². The second-order valence-corrected chi connectivity index (χ2v) is 5.08. The summed E-state index contributed by atoms with van der Waals surface area (Å²) in [6.45, 7) is 4.43. The molecule has 1 aromatic carbocycles. The van der Waals surface area contributed by atoms with E-state index in [-0.39, 0.29) is 24.4 Å². The number of hydrogen-bond acceptors (Lipinski definition) is 4. The second-order valence-electron chi connectivity index (χ2n) is 5.08. The highest BCUT2D eigenvalue weighted by molar-refractivity contribution is 5.85. The van der Waals surface area contributed by atoms with Gasteiger partial charge in [-0.05, 0) is 24.1 Å². The summed E-state index contributed by atoms with van der Waals surface area (Å²) < 4.78 is 10.6. The first kappa shape index (κ1) is 17.8. The van der Waals surface area contributed by atoms with Crippen LogP contribution >= 0.6 is 12.4 Å². The SMILES string of the molecule is COc1ccc(CN(C)C(=O)C2COCCN2)cc1C.Cl. The van der Waals surface area contributed by atoms with Crippen molar-refractivity contribution in [1.82, 2.24) is 10.2 Å². The molecule has 21 heavy (non-hydrogen) atoms. The maximum atomic E-state index is 12.3.